The number of rotatable bonds is 3. The zero-order valence-electron chi connectivity index (χ0n) is 10.2. The summed E-state index contributed by atoms with van der Waals surface area (Å²) in [6.45, 7) is 1.85. The van der Waals surface area contributed by atoms with Gasteiger partial charge in [0, 0.05) is 19.0 Å². The third-order valence-corrected chi connectivity index (χ3v) is 4.02. The first kappa shape index (κ1) is 12.6. The van der Waals surface area contributed by atoms with E-state index in [1.807, 2.05) is 14.0 Å². The van der Waals surface area contributed by atoms with Gasteiger partial charge in [-0.05, 0) is 26.2 Å². The minimum Gasteiger partial charge on any atom is -0.328 e. The summed E-state index contributed by atoms with van der Waals surface area (Å²) in [5.74, 6) is 0.346. The number of nitrogens with zero attached hydrogens (tertiary/aromatic N) is 2. The Labute approximate surface area is 106 Å². The third kappa shape index (κ3) is 2.53. The fourth-order valence-corrected chi connectivity index (χ4v) is 2.72. The fraction of sp³-hybridized carbons (Fsp3) is 0.667. The van der Waals surface area contributed by atoms with Gasteiger partial charge in [-0.3, -0.25) is 9.48 Å². The highest BCUT2D eigenvalue weighted by atomic mass is 35.5. The molecule has 1 heterocycles. The van der Waals surface area contributed by atoms with Gasteiger partial charge in [0.15, 0.2) is 0 Å². The summed E-state index contributed by atoms with van der Waals surface area (Å²) in [4.78, 5) is 12.1. The summed E-state index contributed by atoms with van der Waals surface area (Å²) in [5.41, 5.74) is 7.42. The van der Waals surface area contributed by atoms with E-state index in [2.05, 4.69) is 5.10 Å². The van der Waals surface area contributed by atoms with Crippen molar-refractivity contribution in [1.82, 2.24) is 9.78 Å². The zero-order valence-corrected chi connectivity index (χ0v) is 11.0. The van der Waals surface area contributed by atoms with Gasteiger partial charge in [0.25, 0.3) is 0 Å². The Bertz CT molecular complexity index is 441. The average Bonchev–Trinajstić information content (AvgIpc) is 2.79. The molecule has 0 saturated heterocycles. The van der Waals surface area contributed by atoms with Crippen LogP contribution >= 0.6 is 11.6 Å². The molecule has 2 unspecified atom stereocenters. The fourth-order valence-electron chi connectivity index (χ4n) is 2.49. The van der Waals surface area contributed by atoms with Gasteiger partial charge in [-0.1, -0.05) is 11.6 Å². The highest BCUT2D eigenvalue weighted by Crippen LogP contribution is 2.28. The topological polar surface area (TPSA) is 60.9 Å². The lowest BCUT2D eigenvalue weighted by atomic mass is 9.98. The van der Waals surface area contributed by atoms with Crippen molar-refractivity contribution < 1.29 is 4.79 Å². The molecule has 2 rings (SSSR count). The smallest absolute Gasteiger partial charge is 0.142 e. The van der Waals surface area contributed by atoms with Gasteiger partial charge in [-0.2, -0.15) is 5.10 Å². The van der Waals surface area contributed by atoms with Crippen molar-refractivity contribution in [3.63, 3.8) is 0 Å². The Morgan fingerprint density at radius 3 is 2.76 bits per heavy atom. The van der Waals surface area contributed by atoms with Gasteiger partial charge in [0.2, 0.25) is 0 Å². The number of halogens is 1. The van der Waals surface area contributed by atoms with Crippen molar-refractivity contribution in [3.05, 3.63) is 16.4 Å². The highest BCUT2D eigenvalue weighted by Gasteiger charge is 2.28. The number of hydrogen-bond acceptors (Lipinski definition) is 3. The zero-order chi connectivity index (χ0) is 12.6. The van der Waals surface area contributed by atoms with Crippen LogP contribution in [-0.4, -0.2) is 21.6 Å². The van der Waals surface area contributed by atoms with Gasteiger partial charge in [0.1, 0.15) is 5.78 Å². The Morgan fingerprint density at radius 1 is 1.59 bits per heavy atom. The molecule has 5 heteroatoms. The molecule has 4 nitrogen and oxygen atoms in total. The third-order valence-electron chi connectivity index (χ3n) is 3.53. The van der Waals surface area contributed by atoms with E-state index in [1.165, 1.54) is 0 Å². The number of ketones is 1. The van der Waals surface area contributed by atoms with E-state index in [4.69, 9.17) is 17.3 Å². The monoisotopic (exact) mass is 255 g/mol. The van der Waals surface area contributed by atoms with Crippen molar-refractivity contribution in [3.8, 4) is 0 Å². The summed E-state index contributed by atoms with van der Waals surface area (Å²) in [6, 6.07) is 0.188. The molecule has 2 atom stereocenters. The molecule has 1 aromatic heterocycles. The van der Waals surface area contributed by atoms with E-state index < -0.39 is 0 Å². The SMILES string of the molecule is Cc1nn(C)c(CC(=O)C2CCC(N)C2)c1Cl. The average molecular weight is 256 g/mol. The predicted molar refractivity (Wildman–Crippen MR) is 67.0 cm³/mol. The normalized spacial score (nSPS) is 24.2. The molecule has 1 fully saturated rings. The van der Waals surface area contributed by atoms with E-state index in [1.54, 1.807) is 4.68 Å². The van der Waals surface area contributed by atoms with Crippen LogP contribution in [0.5, 0.6) is 0 Å². The maximum absolute atomic E-state index is 12.1. The second kappa shape index (κ2) is 4.78. The van der Waals surface area contributed by atoms with Crippen LogP contribution in [0, 0.1) is 12.8 Å². The largest absolute Gasteiger partial charge is 0.328 e. The van der Waals surface area contributed by atoms with Crippen LogP contribution in [0.4, 0.5) is 0 Å². The Kier molecular flexibility index (Phi) is 3.54. The van der Waals surface area contributed by atoms with Crippen molar-refractivity contribution in [2.45, 2.75) is 38.6 Å². The highest BCUT2D eigenvalue weighted by molar-refractivity contribution is 6.32. The van der Waals surface area contributed by atoms with Crippen LogP contribution < -0.4 is 5.73 Å². The summed E-state index contributed by atoms with van der Waals surface area (Å²) < 4.78 is 1.70. The molecule has 1 saturated carbocycles. The first-order valence-electron chi connectivity index (χ1n) is 5.95. The summed E-state index contributed by atoms with van der Waals surface area (Å²) >= 11 is 6.13. The first-order chi connectivity index (χ1) is 7.99. The van der Waals surface area contributed by atoms with Crippen LogP contribution in [-0.2, 0) is 18.3 Å². The molecule has 94 valence electrons. The molecular weight excluding hydrogens is 238 g/mol. The molecule has 0 amide bonds. The molecule has 0 spiro atoms. The number of carbonyl (C=O) groups excluding carboxylic acids is 1. The van der Waals surface area contributed by atoms with Crippen molar-refractivity contribution >= 4 is 17.4 Å². The molecule has 0 bridgehead atoms. The van der Waals surface area contributed by atoms with Crippen molar-refractivity contribution in [2.75, 3.05) is 0 Å². The van der Waals surface area contributed by atoms with E-state index in [-0.39, 0.29) is 17.7 Å². The predicted octanol–water partition coefficient (Wildman–Crippen LogP) is 1.62. The maximum Gasteiger partial charge on any atom is 0.142 e. The van der Waals surface area contributed by atoms with E-state index >= 15 is 0 Å². The lowest BCUT2D eigenvalue weighted by Crippen LogP contribution is -2.20. The quantitative estimate of drug-likeness (QED) is 0.893. The first-order valence-corrected chi connectivity index (χ1v) is 6.33. The van der Waals surface area contributed by atoms with Gasteiger partial charge >= 0.3 is 0 Å². The number of aryl methyl sites for hydroxylation is 2. The second-order valence-corrected chi connectivity index (χ2v) is 5.26. The molecule has 0 aromatic carbocycles. The lowest BCUT2D eigenvalue weighted by molar-refractivity contribution is -0.122. The number of aromatic nitrogens is 2. The van der Waals surface area contributed by atoms with Gasteiger partial charge < -0.3 is 5.73 Å². The number of nitrogens with two attached hydrogens (primary N) is 1. The molecule has 1 aliphatic carbocycles. The minimum atomic E-state index is 0.108. The standard InChI is InChI=1S/C12H18ClN3O/c1-7-12(13)10(16(2)15-7)6-11(17)8-3-4-9(14)5-8/h8-9H,3-6,14H2,1-2H3. The van der Waals surface area contributed by atoms with Gasteiger partial charge in [-0.15, -0.1) is 0 Å². The molecular formula is C12H18ClN3O. The Hall–Kier alpha value is -0.870. The van der Waals surface area contributed by atoms with E-state index in [0.717, 1.165) is 30.7 Å². The summed E-state index contributed by atoms with van der Waals surface area (Å²) in [6.07, 6.45) is 3.05. The Balaban J connectivity index is 2.08. The molecule has 1 aliphatic rings. The molecule has 0 aliphatic heterocycles. The molecule has 2 N–H and O–H groups in total. The van der Waals surface area contributed by atoms with Gasteiger partial charge in [0.05, 0.1) is 22.8 Å². The summed E-state index contributed by atoms with van der Waals surface area (Å²) in [7, 11) is 1.82. The number of hydrogen-bond donors (Lipinski definition) is 1. The minimum absolute atomic E-state index is 0.108. The maximum atomic E-state index is 12.1. The van der Waals surface area contributed by atoms with Crippen LogP contribution in [0.15, 0.2) is 0 Å². The second-order valence-electron chi connectivity index (χ2n) is 4.88. The van der Waals surface area contributed by atoms with Crippen molar-refractivity contribution in [2.24, 2.45) is 18.7 Å². The van der Waals surface area contributed by atoms with Crippen LogP contribution in [0.1, 0.15) is 30.7 Å². The molecule has 0 radical (unpaired) electrons. The van der Waals surface area contributed by atoms with Crippen molar-refractivity contribution in [1.29, 1.82) is 0 Å². The van der Waals surface area contributed by atoms with Crippen LogP contribution in [0.2, 0.25) is 5.02 Å². The lowest BCUT2D eigenvalue weighted by Gasteiger charge is -2.08. The Morgan fingerprint density at radius 2 is 2.29 bits per heavy atom. The molecule has 17 heavy (non-hydrogen) atoms. The van der Waals surface area contributed by atoms with E-state index in [9.17, 15) is 4.79 Å². The van der Waals surface area contributed by atoms with E-state index in [0.29, 0.717) is 11.4 Å². The van der Waals surface area contributed by atoms with Crippen LogP contribution in [0.3, 0.4) is 0 Å². The molecule has 1 aromatic rings. The summed E-state index contributed by atoms with van der Waals surface area (Å²) in [5, 5.41) is 4.83. The van der Waals surface area contributed by atoms with Gasteiger partial charge in [-0.25, -0.2) is 0 Å². The van der Waals surface area contributed by atoms with Crippen LogP contribution in [0.25, 0.3) is 0 Å². The number of carbonyl (C=O) groups is 1. The number of Topliss-reactive ketones (excluding diaryl/α,β-unsaturated/α-hetero) is 1.